The van der Waals surface area contributed by atoms with E-state index in [1.165, 1.54) is 19.1 Å². The van der Waals surface area contributed by atoms with Crippen LogP contribution in [0.2, 0.25) is 0 Å². The van der Waals surface area contributed by atoms with Gasteiger partial charge in [0.05, 0.1) is 18.6 Å². The molecule has 6 N–H and O–H groups in total. The minimum atomic E-state index is -0.989. The molecule has 0 aliphatic heterocycles. The maximum absolute atomic E-state index is 13.8. The predicted molar refractivity (Wildman–Crippen MR) is 181 cm³/mol. The normalized spacial score (nSPS) is 14.8. The molecule has 1 rings (SSSR count). The fourth-order valence-electron chi connectivity index (χ4n) is 5.26. The first kappa shape index (κ1) is 41.6. The molecule has 0 bridgehead atoms. The van der Waals surface area contributed by atoms with Gasteiger partial charge in [-0.1, -0.05) is 46.2 Å². The van der Waals surface area contributed by atoms with Crippen LogP contribution in [0.3, 0.4) is 0 Å². The van der Waals surface area contributed by atoms with Crippen molar-refractivity contribution < 1.29 is 34.1 Å². The molecule has 15 nitrogen and oxygen atoms in total. The van der Waals surface area contributed by atoms with Crippen LogP contribution in [-0.2, 0) is 30.4 Å². The lowest BCUT2D eigenvalue weighted by Gasteiger charge is -2.27. The second kappa shape index (κ2) is 20.8. The standard InChI is InChI=1S/C33H53N7O8/c1-8-21(4)26(22(5)41)18-30(44)28(16-23-11-13-24(42)14-12-23)37-32(46)25(20(2)3)17-29(43)27(36-31(45)19-39(6)7)10-9-15-35-33(34)38-40(47)48/h11-14,20-21,25-28,42H,8-10,15-19H2,1-7H3,(H,36,45)(H,37,46)(H3,34,35,38)/t21?,25-,26-,27-,28-/m0/s1. The molecule has 0 spiro atoms. The summed E-state index contributed by atoms with van der Waals surface area (Å²) >= 11 is 0. The number of benzene rings is 1. The highest BCUT2D eigenvalue weighted by Crippen LogP contribution is 2.23. The Hall–Kier alpha value is -4.40. The largest absolute Gasteiger partial charge is 0.508 e. The maximum atomic E-state index is 13.8. The van der Waals surface area contributed by atoms with Gasteiger partial charge in [-0.25, -0.2) is 10.1 Å². The van der Waals surface area contributed by atoms with E-state index in [-0.39, 0.29) is 67.9 Å². The lowest BCUT2D eigenvalue weighted by atomic mass is 9.82. The van der Waals surface area contributed by atoms with Crippen molar-refractivity contribution in [2.75, 3.05) is 27.2 Å². The van der Waals surface area contributed by atoms with Gasteiger partial charge in [-0.2, -0.15) is 0 Å². The summed E-state index contributed by atoms with van der Waals surface area (Å²) in [6, 6.07) is 4.32. The third-order valence-corrected chi connectivity index (χ3v) is 8.27. The Kier molecular flexibility index (Phi) is 18.0. The Morgan fingerprint density at radius 2 is 1.56 bits per heavy atom. The number of nitrogens with two attached hydrogens (primary N) is 1. The maximum Gasteiger partial charge on any atom is 0.266 e. The monoisotopic (exact) mass is 675 g/mol. The van der Waals surface area contributed by atoms with Gasteiger partial charge < -0.3 is 31.7 Å². The lowest BCUT2D eigenvalue weighted by Crippen LogP contribution is -2.49. The summed E-state index contributed by atoms with van der Waals surface area (Å²) in [5, 5.41) is 30.4. The van der Waals surface area contributed by atoms with E-state index in [4.69, 9.17) is 5.73 Å². The molecule has 5 atom stereocenters. The van der Waals surface area contributed by atoms with Crippen LogP contribution < -0.4 is 21.7 Å². The van der Waals surface area contributed by atoms with Crippen LogP contribution in [0, 0.1) is 33.8 Å². The fourth-order valence-corrected chi connectivity index (χ4v) is 5.26. The van der Waals surface area contributed by atoms with E-state index in [2.05, 4.69) is 21.1 Å². The van der Waals surface area contributed by atoms with Crippen LogP contribution in [0.25, 0.3) is 0 Å². The van der Waals surface area contributed by atoms with Gasteiger partial charge in [0.25, 0.3) is 5.96 Å². The van der Waals surface area contributed by atoms with Crippen molar-refractivity contribution in [3.05, 3.63) is 39.9 Å². The number of hydrogen-bond acceptors (Lipinski definition) is 9. The van der Waals surface area contributed by atoms with Gasteiger partial charge in [-0.15, -0.1) is 0 Å². The van der Waals surface area contributed by atoms with E-state index in [9.17, 15) is 39.2 Å². The molecule has 15 heteroatoms. The number of hydrazone groups is 1. The average Bonchev–Trinajstić information content (AvgIpc) is 2.98. The first-order chi connectivity index (χ1) is 22.4. The number of nitrogens with zero attached hydrogens (tertiary/aromatic N) is 3. The molecular formula is C33H53N7O8. The van der Waals surface area contributed by atoms with Gasteiger partial charge in [0, 0.05) is 31.2 Å². The summed E-state index contributed by atoms with van der Waals surface area (Å²) in [5.41, 5.74) is 6.14. The van der Waals surface area contributed by atoms with Crippen molar-refractivity contribution >= 4 is 35.1 Å². The Labute approximate surface area is 282 Å². The van der Waals surface area contributed by atoms with Crippen LogP contribution in [-0.4, -0.2) is 89.4 Å². The van der Waals surface area contributed by atoms with Gasteiger partial charge >= 0.3 is 0 Å². The zero-order chi connectivity index (χ0) is 36.6. The van der Waals surface area contributed by atoms with Crippen molar-refractivity contribution in [2.45, 2.75) is 85.2 Å². The third-order valence-electron chi connectivity index (χ3n) is 8.27. The van der Waals surface area contributed by atoms with E-state index in [1.54, 1.807) is 45.0 Å². The quantitative estimate of drug-likeness (QED) is 0.0391. The van der Waals surface area contributed by atoms with Gasteiger partial charge in [0.15, 0.2) is 16.6 Å². The summed E-state index contributed by atoms with van der Waals surface area (Å²) < 4.78 is 0. The minimum Gasteiger partial charge on any atom is -0.508 e. The highest BCUT2D eigenvalue weighted by Gasteiger charge is 2.34. The second-order valence-corrected chi connectivity index (χ2v) is 12.9. The summed E-state index contributed by atoms with van der Waals surface area (Å²) in [4.78, 5) is 78.3. The molecule has 0 radical (unpaired) electrons. The number of carbonyl (C=O) groups is 5. The van der Waals surface area contributed by atoms with E-state index >= 15 is 0 Å². The number of guanidine groups is 1. The van der Waals surface area contributed by atoms with Crippen LogP contribution in [0.5, 0.6) is 5.75 Å². The fraction of sp³-hybridized carbons (Fsp3) is 0.636. The van der Waals surface area contributed by atoms with E-state index in [0.29, 0.717) is 18.4 Å². The van der Waals surface area contributed by atoms with Crippen molar-refractivity contribution in [2.24, 2.45) is 34.5 Å². The highest BCUT2D eigenvalue weighted by atomic mass is 16.7. The third kappa shape index (κ3) is 15.5. The SMILES string of the molecule is CCC(C)[C@H](CC(=O)[C@H](Cc1ccc(O)cc1)NC(=O)[C@@H](CC(=O)[C@H](CCCN/C(N)=N\[N+](=O)[O-])NC(=O)CN(C)C)C(C)C)C(C)=O. The van der Waals surface area contributed by atoms with Crippen LogP contribution >= 0.6 is 0 Å². The van der Waals surface area contributed by atoms with Gasteiger partial charge in [-0.3, -0.25) is 24.0 Å². The molecule has 1 aromatic rings. The average molecular weight is 676 g/mol. The lowest BCUT2D eigenvalue weighted by molar-refractivity contribution is -0.485. The smallest absolute Gasteiger partial charge is 0.266 e. The highest BCUT2D eigenvalue weighted by molar-refractivity contribution is 5.96. The molecule has 0 fully saturated rings. The molecule has 48 heavy (non-hydrogen) atoms. The Bertz CT molecular complexity index is 1280. The van der Waals surface area contributed by atoms with Gasteiger partial charge in [0.2, 0.25) is 11.8 Å². The number of aromatic hydroxyl groups is 1. The Morgan fingerprint density at radius 3 is 2.08 bits per heavy atom. The first-order valence-corrected chi connectivity index (χ1v) is 16.3. The molecular weight excluding hydrogens is 622 g/mol. The molecule has 268 valence electrons. The number of phenolic OH excluding ortho intramolecular Hbond substituents is 1. The number of nitro groups is 1. The van der Waals surface area contributed by atoms with Crippen LogP contribution in [0.1, 0.15) is 72.3 Å². The van der Waals surface area contributed by atoms with Crippen LogP contribution in [0.15, 0.2) is 29.4 Å². The zero-order valence-corrected chi connectivity index (χ0v) is 29.2. The van der Waals surface area contributed by atoms with Gasteiger partial charge in [0.1, 0.15) is 16.6 Å². The van der Waals surface area contributed by atoms with E-state index in [0.717, 1.165) is 0 Å². The predicted octanol–water partition coefficient (Wildman–Crippen LogP) is 1.78. The number of phenols is 1. The van der Waals surface area contributed by atoms with Gasteiger partial charge in [-0.05, 0) is 69.8 Å². The molecule has 0 aliphatic rings. The number of amides is 2. The molecule has 0 saturated carbocycles. The minimum absolute atomic E-state index is 0.0253. The first-order valence-electron chi connectivity index (χ1n) is 16.3. The number of nitrogens with one attached hydrogen (secondary N) is 3. The molecule has 0 saturated heterocycles. The molecule has 2 amide bonds. The summed E-state index contributed by atoms with van der Waals surface area (Å²) in [6.45, 7) is 9.04. The van der Waals surface area contributed by atoms with Crippen molar-refractivity contribution in [3.8, 4) is 5.75 Å². The van der Waals surface area contributed by atoms with E-state index in [1.807, 2.05) is 13.8 Å². The number of hydrogen-bond donors (Lipinski definition) is 5. The summed E-state index contributed by atoms with van der Waals surface area (Å²) in [5.74, 6) is -3.78. The van der Waals surface area contributed by atoms with Crippen molar-refractivity contribution in [1.29, 1.82) is 0 Å². The summed E-state index contributed by atoms with van der Waals surface area (Å²) in [7, 11) is 3.41. The molecule has 0 aromatic heterocycles. The molecule has 1 unspecified atom stereocenters. The van der Waals surface area contributed by atoms with Crippen molar-refractivity contribution in [3.63, 3.8) is 0 Å². The topological polar surface area (TPSA) is 226 Å². The summed E-state index contributed by atoms with van der Waals surface area (Å²) in [6.07, 6.45) is 0.996. The Balaban J connectivity index is 3.22. The number of ketones is 3. The Morgan fingerprint density at radius 1 is 0.979 bits per heavy atom. The van der Waals surface area contributed by atoms with E-state index < -0.39 is 52.5 Å². The number of Topliss-reactive ketones (excluding diaryl/α,β-unsaturated/α-hetero) is 3. The van der Waals surface area contributed by atoms with Crippen molar-refractivity contribution in [1.82, 2.24) is 20.9 Å². The number of likely N-dealkylation sites (N-methyl/N-ethyl adjacent to an activating group) is 1. The zero-order valence-electron chi connectivity index (χ0n) is 29.2. The second-order valence-electron chi connectivity index (χ2n) is 12.9. The number of carbonyl (C=O) groups excluding carboxylic acids is 5. The molecule has 1 aromatic carbocycles. The van der Waals surface area contributed by atoms with Crippen LogP contribution in [0.4, 0.5) is 0 Å². The molecule has 0 heterocycles. The molecule has 0 aliphatic carbocycles. The number of rotatable bonds is 22.